The van der Waals surface area contributed by atoms with Gasteiger partial charge in [-0.2, -0.15) is 0 Å². The molecule has 0 spiro atoms. The molecule has 43 heavy (non-hydrogen) atoms. The number of esters is 2. The Morgan fingerprint density at radius 3 is 1.28 bits per heavy atom. The van der Waals surface area contributed by atoms with Gasteiger partial charge in [0.2, 0.25) is 0 Å². The highest BCUT2D eigenvalue weighted by Crippen LogP contribution is 2.42. The van der Waals surface area contributed by atoms with Gasteiger partial charge in [-0.15, -0.1) is 0 Å². The third-order valence-electron chi connectivity index (χ3n) is 7.56. The van der Waals surface area contributed by atoms with Crippen LogP contribution in [-0.4, -0.2) is 40.4 Å². The van der Waals surface area contributed by atoms with Crippen LogP contribution in [0.2, 0.25) is 10.0 Å². The third kappa shape index (κ3) is 11.4. The second kappa shape index (κ2) is 20.3. The first-order valence-corrected chi connectivity index (χ1v) is 16.2. The van der Waals surface area contributed by atoms with Crippen LogP contribution in [0.15, 0.2) is 30.3 Å². The summed E-state index contributed by atoms with van der Waals surface area (Å²) in [5.41, 5.74) is 2.16. The van der Waals surface area contributed by atoms with Gasteiger partial charge in [-0.25, -0.2) is 9.59 Å². The van der Waals surface area contributed by atoms with Crippen LogP contribution < -0.4 is 9.47 Å². The summed E-state index contributed by atoms with van der Waals surface area (Å²) in [4.78, 5) is 25.3. The summed E-state index contributed by atoms with van der Waals surface area (Å²) in [5.74, 6) is -0.557. The van der Waals surface area contributed by atoms with E-state index in [9.17, 15) is 9.59 Å². The second-order valence-corrected chi connectivity index (χ2v) is 11.6. The molecular formula is C35H48Cl2O6. The molecule has 238 valence electrons. The molecule has 0 aliphatic carbocycles. The zero-order chi connectivity index (χ0) is 31.6. The maximum atomic E-state index is 12.6. The van der Waals surface area contributed by atoms with Gasteiger partial charge < -0.3 is 18.9 Å². The van der Waals surface area contributed by atoms with Crippen molar-refractivity contribution in [2.75, 3.05) is 28.4 Å². The number of hydrogen-bond acceptors (Lipinski definition) is 6. The predicted molar refractivity (Wildman–Crippen MR) is 176 cm³/mol. The van der Waals surface area contributed by atoms with Crippen molar-refractivity contribution in [3.63, 3.8) is 0 Å². The number of carbonyl (C=O) groups is 2. The normalized spacial score (nSPS) is 10.8. The van der Waals surface area contributed by atoms with Gasteiger partial charge in [0.1, 0.15) is 22.6 Å². The van der Waals surface area contributed by atoms with Gasteiger partial charge in [-0.3, -0.25) is 0 Å². The maximum absolute atomic E-state index is 12.6. The van der Waals surface area contributed by atoms with Crippen molar-refractivity contribution in [2.45, 2.75) is 96.8 Å². The molecule has 2 aromatic carbocycles. The van der Waals surface area contributed by atoms with Gasteiger partial charge in [0.05, 0.1) is 28.4 Å². The van der Waals surface area contributed by atoms with Crippen LogP contribution in [-0.2, 0) is 9.47 Å². The SMILES string of the molecule is CCCCCCCCCCCCCCCC=C(c1cc(Cl)cc(C(=O)OC)c1OC)c1cc(Cl)cc(C(=O)OC)c1OC. The fourth-order valence-corrected chi connectivity index (χ4v) is 5.76. The molecule has 0 amide bonds. The lowest BCUT2D eigenvalue weighted by molar-refractivity contribution is 0.0588. The summed E-state index contributed by atoms with van der Waals surface area (Å²) in [6, 6.07) is 6.46. The molecule has 0 aliphatic heterocycles. The molecule has 0 saturated heterocycles. The topological polar surface area (TPSA) is 71.1 Å². The van der Waals surface area contributed by atoms with E-state index in [0.29, 0.717) is 38.2 Å². The summed E-state index contributed by atoms with van der Waals surface area (Å²) < 4.78 is 21.4. The predicted octanol–water partition coefficient (Wildman–Crippen LogP) is 10.5. The molecule has 8 heteroatoms. The van der Waals surface area contributed by atoms with Crippen molar-refractivity contribution in [1.82, 2.24) is 0 Å². The van der Waals surface area contributed by atoms with Crippen LogP contribution in [0.1, 0.15) is 129 Å². The minimum atomic E-state index is -0.579. The molecule has 0 saturated carbocycles. The Morgan fingerprint density at radius 1 is 0.581 bits per heavy atom. The number of rotatable bonds is 20. The van der Waals surface area contributed by atoms with Crippen LogP contribution in [0, 0.1) is 0 Å². The Morgan fingerprint density at radius 2 is 0.930 bits per heavy atom. The molecule has 0 bridgehead atoms. The third-order valence-corrected chi connectivity index (χ3v) is 8.00. The Kier molecular flexibility index (Phi) is 17.2. The number of allylic oxidation sites excluding steroid dienone is 1. The van der Waals surface area contributed by atoms with E-state index in [1.165, 1.54) is 111 Å². The highest BCUT2D eigenvalue weighted by molar-refractivity contribution is 6.32. The summed E-state index contributed by atoms with van der Waals surface area (Å²) in [6.45, 7) is 2.26. The number of unbranched alkanes of at least 4 members (excludes halogenated alkanes) is 13. The Balaban J connectivity index is 2.26. The van der Waals surface area contributed by atoms with Crippen LogP contribution in [0.5, 0.6) is 11.5 Å². The highest BCUT2D eigenvalue weighted by atomic mass is 35.5. The molecule has 0 aromatic heterocycles. The van der Waals surface area contributed by atoms with Gasteiger partial charge in [-0.05, 0) is 42.7 Å². The van der Waals surface area contributed by atoms with Crippen molar-refractivity contribution in [1.29, 1.82) is 0 Å². The van der Waals surface area contributed by atoms with E-state index in [2.05, 4.69) is 13.0 Å². The Bertz CT molecular complexity index is 1130. The lowest BCUT2D eigenvalue weighted by atomic mass is 9.91. The average molecular weight is 636 g/mol. The number of benzene rings is 2. The molecule has 0 atom stereocenters. The number of methoxy groups -OCH3 is 4. The van der Waals surface area contributed by atoms with Crippen molar-refractivity contribution in [3.05, 3.63) is 62.6 Å². The smallest absolute Gasteiger partial charge is 0.341 e. The van der Waals surface area contributed by atoms with Crippen molar-refractivity contribution in [3.8, 4) is 11.5 Å². The van der Waals surface area contributed by atoms with E-state index in [1.54, 1.807) is 12.1 Å². The first-order chi connectivity index (χ1) is 20.8. The van der Waals surface area contributed by atoms with Crippen LogP contribution in [0.3, 0.4) is 0 Å². The minimum Gasteiger partial charge on any atom is -0.495 e. The Labute approximate surface area is 268 Å². The van der Waals surface area contributed by atoms with Crippen LogP contribution in [0.4, 0.5) is 0 Å². The van der Waals surface area contributed by atoms with Crippen LogP contribution >= 0.6 is 23.2 Å². The molecule has 0 fully saturated rings. The largest absolute Gasteiger partial charge is 0.495 e. The van der Waals surface area contributed by atoms with E-state index >= 15 is 0 Å². The van der Waals surface area contributed by atoms with Gasteiger partial charge in [-0.1, -0.05) is 113 Å². The number of halogens is 2. The molecule has 2 aromatic rings. The number of ether oxygens (including phenoxy) is 4. The van der Waals surface area contributed by atoms with E-state index in [1.807, 2.05) is 0 Å². The standard InChI is InChI=1S/C35H48Cl2O6/c1-6-7-8-9-10-11-12-13-14-15-16-17-18-19-20-27(28-21-25(36)23-30(32(28)40-2)34(38)42-4)29-22-26(37)24-31(33(29)41-3)35(39)43-5/h20-24H,6-19H2,1-5H3. The monoisotopic (exact) mass is 634 g/mol. The lowest BCUT2D eigenvalue weighted by Crippen LogP contribution is -2.09. The molecule has 0 N–H and O–H groups in total. The van der Waals surface area contributed by atoms with E-state index in [-0.39, 0.29) is 11.1 Å². The zero-order valence-electron chi connectivity index (χ0n) is 26.5. The van der Waals surface area contributed by atoms with Crippen LogP contribution in [0.25, 0.3) is 5.57 Å². The Hall–Kier alpha value is -2.70. The fourth-order valence-electron chi connectivity index (χ4n) is 5.32. The van der Waals surface area contributed by atoms with E-state index in [4.69, 9.17) is 42.1 Å². The first-order valence-electron chi connectivity index (χ1n) is 15.4. The highest BCUT2D eigenvalue weighted by Gasteiger charge is 2.25. The van der Waals surface area contributed by atoms with Crippen molar-refractivity contribution in [2.24, 2.45) is 0 Å². The molecule has 6 nitrogen and oxygen atoms in total. The molecule has 0 radical (unpaired) electrons. The quantitative estimate of drug-likeness (QED) is 0.107. The summed E-state index contributed by atoms with van der Waals surface area (Å²) in [7, 11) is 5.57. The van der Waals surface area contributed by atoms with Gasteiger partial charge in [0, 0.05) is 21.2 Å². The van der Waals surface area contributed by atoms with E-state index in [0.717, 1.165) is 19.3 Å². The maximum Gasteiger partial charge on any atom is 0.341 e. The molecule has 2 rings (SSSR count). The average Bonchev–Trinajstić information content (AvgIpc) is 3.01. The first kappa shape index (κ1) is 36.5. The number of hydrogen-bond donors (Lipinski definition) is 0. The molecule has 0 heterocycles. The lowest BCUT2D eigenvalue weighted by Gasteiger charge is -2.20. The minimum absolute atomic E-state index is 0.188. The summed E-state index contributed by atoms with van der Waals surface area (Å²) in [5, 5.41) is 0.662. The van der Waals surface area contributed by atoms with E-state index < -0.39 is 11.9 Å². The fraction of sp³-hybridized carbons (Fsp3) is 0.543. The summed E-state index contributed by atoms with van der Waals surface area (Å²) >= 11 is 13.0. The van der Waals surface area contributed by atoms with Crippen molar-refractivity contribution < 1.29 is 28.5 Å². The van der Waals surface area contributed by atoms with Gasteiger partial charge in [0.15, 0.2) is 0 Å². The van der Waals surface area contributed by atoms with Gasteiger partial charge in [0.25, 0.3) is 0 Å². The molecular weight excluding hydrogens is 587 g/mol. The summed E-state index contributed by atoms with van der Waals surface area (Å²) in [6.07, 6.45) is 19.4. The van der Waals surface area contributed by atoms with Crippen molar-refractivity contribution >= 4 is 40.7 Å². The zero-order valence-corrected chi connectivity index (χ0v) is 28.0. The molecule has 0 unspecified atom stereocenters. The second-order valence-electron chi connectivity index (χ2n) is 10.7. The van der Waals surface area contributed by atoms with Gasteiger partial charge >= 0.3 is 11.9 Å². The molecule has 0 aliphatic rings. The number of carbonyl (C=O) groups excluding carboxylic acids is 2.